The Morgan fingerprint density at radius 3 is 1.56 bits per heavy atom. The van der Waals surface area contributed by atoms with E-state index in [-0.39, 0.29) is 75.3 Å². The van der Waals surface area contributed by atoms with Crippen LogP contribution < -0.4 is 54.4 Å². The maximum atomic E-state index is 14.0. The average molecular weight is 999 g/mol. The van der Waals surface area contributed by atoms with Crippen LogP contribution in [0.4, 0.5) is 0 Å². The van der Waals surface area contributed by atoms with Gasteiger partial charge in [-0.15, -0.1) is 0 Å². The van der Waals surface area contributed by atoms with E-state index in [0.29, 0.717) is 0 Å². The van der Waals surface area contributed by atoms with Gasteiger partial charge >= 0.3 is 11.9 Å². The average Bonchev–Trinajstić information content (AvgIpc) is 3.75. The SMILES string of the molecule is CC(C)C[C@H](NC(=O)[C@H](CCC(=O)O)NC(=O)[C@H](CCCN=C(N)N)NC(=O)[C@@H](NC(=O)[C@@H]1CCCN1C(=O)[C@@H](NC(=O)[C@H](CC(C)C)NC(=O)[C@@H](N)C(C)C)[C@@H](C)O)[C@@H](C)O)C(=O)N[C@@H](C)C(=O)O. The second-order valence-corrected chi connectivity index (χ2v) is 18.9. The molecule has 26 nitrogen and oxygen atoms in total. The van der Waals surface area contributed by atoms with Gasteiger partial charge in [0, 0.05) is 19.5 Å². The number of rotatable bonds is 30. The molecule has 0 aromatic rings. The second kappa shape index (κ2) is 29.8. The number of amides is 8. The van der Waals surface area contributed by atoms with Crippen molar-refractivity contribution in [2.45, 2.75) is 180 Å². The highest BCUT2D eigenvalue weighted by Gasteiger charge is 2.42. The number of carbonyl (C=O) groups is 10. The number of carboxylic acid groups (broad SMARTS) is 2. The lowest BCUT2D eigenvalue weighted by molar-refractivity contribution is -0.145. The molecule has 26 heteroatoms. The summed E-state index contributed by atoms with van der Waals surface area (Å²) in [6, 6.07) is -12.5. The van der Waals surface area contributed by atoms with E-state index >= 15 is 0 Å². The van der Waals surface area contributed by atoms with Crippen LogP contribution in [0.2, 0.25) is 0 Å². The highest BCUT2D eigenvalue weighted by molar-refractivity contribution is 5.98. The Morgan fingerprint density at radius 2 is 1.09 bits per heavy atom. The topological polar surface area (TPSA) is 429 Å². The monoisotopic (exact) mass is 999 g/mol. The molecule has 0 unspecified atom stereocenters. The maximum absolute atomic E-state index is 14.0. The van der Waals surface area contributed by atoms with Crippen molar-refractivity contribution >= 4 is 65.2 Å². The molecule has 0 aromatic heterocycles. The molecule has 398 valence electrons. The number of carboxylic acids is 2. The Labute approximate surface area is 408 Å². The van der Waals surface area contributed by atoms with Gasteiger partial charge in [0.15, 0.2) is 5.96 Å². The van der Waals surface area contributed by atoms with Crippen LogP contribution in [0, 0.1) is 17.8 Å². The summed E-state index contributed by atoms with van der Waals surface area (Å²) in [7, 11) is 0. The van der Waals surface area contributed by atoms with E-state index in [9.17, 15) is 68.4 Å². The number of aliphatic carboxylic acids is 2. The molecule has 11 atom stereocenters. The summed E-state index contributed by atoms with van der Waals surface area (Å²) in [4.78, 5) is 137. The number of nitrogens with one attached hydrogen (secondary N) is 7. The van der Waals surface area contributed by atoms with Crippen LogP contribution >= 0.6 is 0 Å². The first-order valence-electron chi connectivity index (χ1n) is 23.5. The smallest absolute Gasteiger partial charge is 0.325 e. The number of carbonyl (C=O) groups excluding carboxylic acids is 8. The summed E-state index contributed by atoms with van der Waals surface area (Å²) in [5, 5.41) is 57.4. The minimum atomic E-state index is -1.77. The number of hydrogen-bond acceptors (Lipinski definition) is 14. The van der Waals surface area contributed by atoms with Crippen LogP contribution in [0.3, 0.4) is 0 Å². The molecule has 0 saturated carbocycles. The normalized spacial score (nSPS) is 17.8. The number of likely N-dealkylation sites (tertiary alicyclic amines) is 1. The van der Waals surface area contributed by atoms with Gasteiger partial charge in [0.25, 0.3) is 0 Å². The van der Waals surface area contributed by atoms with Gasteiger partial charge in [0.1, 0.15) is 48.3 Å². The number of guanidine groups is 1. The molecule has 0 aromatic carbocycles. The molecule has 1 saturated heterocycles. The van der Waals surface area contributed by atoms with Crippen molar-refractivity contribution in [1.29, 1.82) is 0 Å². The summed E-state index contributed by atoms with van der Waals surface area (Å²) < 4.78 is 0. The van der Waals surface area contributed by atoms with Gasteiger partial charge in [-0.25, -0.2) is 0 Å². The molecule has 1 rings (SSSR count). The zero-order valence-electron chi connectivity index (χ0n) is 41.7. The Hall–Kier alpha value is -6.15. The summed E-state index contributed by atoms with van der Waals surface area (Å²) in [6.45, 7) is 14.1. The van der Waals surface area contributed by atoms with E-state index < -0.39 is 139 Å². The predicted octanol–water partition coefficient (Wildman–Crippen LogP) is -3.77. The van der Waals surface area contributed by atoms with Crippen LogP contribution in [-0.2, 0) is 47.9 Å². The molecular weight excluding hydrogens is 921 g/mol. The lowest BCUT2D eigenvalue weighted by atomic mass is 10.00. The Balaban J connectivity index is 3.44. The third-order valence-electron chi connectivity index (χ3n) is 11.2. The van der Waals surface area contributed by atoms with E-state index in [1.165, 1.54) is 20.8 Å². The number of aliphatic hydroxyl groups excluding tert-OH is 2. The number of nitrogens with two attached hydrogens (primary N) is 3. The van der Waals surface area contributed by atoms with Crippen LogP contribution in [0.25, 0.3) is 0 Å². The summed E-state index contributed by atoms with van der Waals surface area (Å²) in [5.41, 5.74) is 16.9. The standard InChI is InChI=1S/C44H78N12O14/c1-20(2)18-28(37(63)49-23(7)43(69)70)52-36(62)27(14-15-31(59)60)50-35(61)26(12-10-16-48-44(46)47)51-41(67)33(24(8)57)54-39(65)30-13-11-17-56(30)42(68)34(25(9)58)55-38(64)29(19-21(3)4)53-40(66)32(45)22(5)6/h20-30,32-34,57-58H,10-19,45H2,1-9H3,(H,49,63)(H,50,61)(H,51,67)(H,52,62)(H,53,66)(H,54,65)(H,55,64)(H,59,60)(H,69,70)(H4,46,47,48)/t23-,24+,25+,26-,27-,28-,29-,30-,32-,33-,34-/m0/s1. The van der Waals surface area contributed by atoms with Gasteiger partial charge < -0.3 is 79.7 Å². The first-order chi connectivity index (χ1) is 32.5. The van der Waals surface area contributed by atoms with Gasteiger partial charge in [-0.2, -0.15) is 0 Å². The number of aliphatic imine (C=N–C) groups is 1. The Bertz CT molecular complexity index is 1860. The highest BCUT2D eigenvalue weighted by Crippen LogP contribution is 2.21. The molecule has 0 radical (unpaired) electrons. The van der Waals surface area contributed by atoms with Gasteiger partial charge in [-0.3, -0.25) is 52.9 Å². The van der Waals surface area contributed by atoms with Crippen LogP contribution in [0.15, 0.2) is 4.99 Å². The van der Waals surface area contributed by atoms with Crippen molar-refractivity contribution in [1.82, 2.24) is 42.1 Å². The second-order valence-electron chi connectivity index (χ2n) is 18.9. The summed E-state index contributed by atoms with van der Waals surface area (Å²) >= 11 is 0. The van der Waals surface area contributed by atoms with E-state index in [2.05, 4.69) is 42.2 Å². The lowest BCUT2D eigenvalue weighted by Gasteiger charge is -2.32. The Kier molecular flexibility index (Phi) is 26.3. The molecule has 0 aliphatic carbocycles. The van der Waals surface area contributed by atoms with E-state index in [1.807, 2.05) is 13.8 Å². The van der Waals surface area contributed by atoms with Crippen molar-refractivity contribution in [2.75, 3.05) is 13.1 Å². The zero-order valence-corrected chi connectivity index (χ0v) is 41.7. The molecular formula is C44H78N12O14. The number of hydrogen-bond donors (Lipinski definition) is 14. The van der Waals surface area contributed by atoms with Crippen molar-refractivity contribution in [3.63, 3.8) is 0 Å². The summed E-state index contributed by atoms with van der Waals surface area (Å²) in [5.74, 6) is -10.6. The van der Waals surface area contributed by atoms with E-state index in [1.54, 1.807) is 27.7 Å². The van der Waals surface area contributed by atoms with Gasteiger partial charge in [0.2, 0.25) is 47.3 Å². The minimum absolute atomic E-state index is 0.00401. The first kappa shape index (κ1) is 61.9. The van der Waals surface area contributed by atoms with Crippen molar-refractivity contribution in [2.24, 2.45) is 39.9 Å². The molecule has 70 heavy (non-hydrogen) atoms. The van der Waals surface area contributed by atoms with E-state index in [4.69, 9.17) is 17.2 Å². The number of nitrogens with zero attached hydrogens (tertiary/aromatic N) is 2. The molecule has 0 bridgehead atoms. The fourth-order valence-electron chi connectivity index (χ4n) is 7.25. The molecule has 1 heterocycles. The number of aliphatic hydroxyl groups is 2. The fourth-order valence-corrected chi connectivity index (χ4v) is 7.25. The first-order valence-corrected chi connectivity index (χ1v) is 23.5. The largest absolute Gasteiger partial charge is 0.481 e. The van der Waals surface area contributed by atoms with Gasteiger partial charge in [-0.05, 0) is 83.5 Å². The molecule has 17 N–H and O–H groups in total. The van der Waals surface area contributed by atoms with E-state index in [0.717, 1.165) is 4.90 Å². The quantitative estimate of drug-likeness (QED) is 0.0187. The van der Waals surface area contributed by atoms with Crippen molar-refractivity contribution in [3.8, 4) is 0 Å². The minimum Gasteiger partial charge on any atom is -0.481 e. The molecule has 0 spiro atoms. The summed E-state index contributed by atoms with van der Waals surface area (Å²) in [6.07, 6.45) is -3.86. The van der Waals surface area contributed by atoms with Crippen molar-refractivity contribution in [3.05, 3.63) is 0 Å². The van der Waals surface area contributed by atoms with Gasteiger partial charge in [0.05, 0.1) is 18.2 Å². The molecule has 8 amide bonds. The fraction of sp³-hybridized carbons (Fsp3) is 0.750. The van der Waals surface area contributed by atoms with Crippen LogP contribution in [0.1, 0.15) is 114 Å². The zero-order chi connectivity index (χ0) is 53.7. The molecule has 1 aliphatic rings. The molecule has 1 aliphatic heterocycles. The third kappa shape index (κ3) is 21.2. The van der Waals surface area contributed by atoms with Gasteiger partial charge in [-0.1, -0.05) is 41.5 Å². The highest BCUT2D eigenvalue weighted by atomic mass is 16.4. The lowest BCUT2D eigenvalue weighted by Crippen LogP contribution is -2.62. The predicted molar refractivity (Wildman–Crippen MR) is 253 cm³/mol. The van der Waals surface area contributed by atoms with Crippen molar-refractivity contribution < 1.29 is 68.4 Å². The molecule has 1 fully saturated rings. The third-order valence-corrected chi connectivity index (χ3v) is 11.2. The maximum Gasteiger partial charge on any atom is 0.325 e. The van der Waals surface area contributed by atoms with Crippen LogP contribution in [0.5, 0.6) is 0 Å². The van der Waals surface area contributed by atoms with Crippen LogP contribution in [-0.4, -0.2) is 170 Å². The Morgan fingerprint density at radius 1 is 0.614 bits per heavy atom.